The molecule has 0 spiro atoms. The van der Waals surface area contributed by atoms with Gasteiger partial charge in [0.05, 0.1) is 0 Å². The maximum atomic E-state index is 12.9. The first-order valence-electron chi connectivity index (χ1n) is 9.50. The minimum atomic E-state index is -0.675. The lowest BCUT2D eigenvalue weighted by molar-refractivity contribution is -0.145. The third-order valence-electron chi connectivity index (χ3n) is 4.98. The number of ether oxygens (including phenoxy) is 2. The van der Waals surface area contributed by atoms with Crippen LogP contribution in [0.15, 0.2) is 54.6 Å². The molecule has 1 saturated heterocycles. The van der Waals surface area contributed by atoms with E-state index in [2.05, 4.69) is 0 Å². The third-order valence-corrected chi connectivity index (χ3v) is 4.98. The number of rotatable bonds is 3. The van der Waals surface area contributed by atoms with E-state index in [-0.39, 0.29) is 24.2 Å². The number of nitrogens with zero attached hydrogens (tertiary/aromatic N) is 2. The summed E-state index contributed by atoms with van der Waals surface area (Å²) in [4.78, 5) is 28.5. The number of benzene rings is 2. The van der Waals surface area contributed by atoms with Gasteiger partial charge in [-0.1, -0.05) is 24.3 Å². The van der Waals surface area contributed by atoms with Gasteiger partial charge in [0.2, 0.25) is 12.0 Å². The summed E-state index contributed by atoms with van der Waals surface area (Å²) in [5.41, 5.74) is 0.753. The van der Waals surface area contributed by atoms with Crippen molar-refractivity contribution in [2.24, 2.45) is 0 Å². The Labute approximate surface area is 168 Å². The van der Waals surface area contributed by atoms with E-state index in [9.17, 15) is 14.0 Å². The normalized spacial score (nSPS) is 18.7. The predicted octanol–water partition coefficient (Wildman–Crippen LogP) is 2.35. The van der Waals surface area contributed by atoms with Gasteiger partial charge in [-0.2, -0.15) is 0 Å². The molecule has 1 fully saturated rings. The molecule has 2 amide bonds. The van der Waals surface area contributed by atoms with Crippen LogP contribution in [0.25, 0.3) is 6.08 Å². The monoisotopic (exact) mass is 396 g/mol. The molecule has 1 atom stereocenters. The summed E-state index contributed by atoms with van der Waals surface area (Å²) in [6, 6.07) is 13.2. The largest absolute Gasteiger partial charge is 0.485 e. The van der Waals surface area contributed by atoms with Gasteiger partial charge in [-0.15, -0.1) is 0 Å². The zero-order valence-corrected chi connectivity index (χ0v) is 15.8. The summed E-state index contributed by atoms with van der Waals surface area (Å²) in [6.45, 7) is 1.95. The molecule has 29 heavy (non-hydrogen) atoms. The van der Waals surface area contributed by atoms with Crippen LogP contribution in [-0.4, -0.2) is 60.5 Å². The maximum absolute atomic E-state index is 12.9. The number of fused-ring (bicyclic) bond motifs is 1. The van der Waals surface area contributed by atoms with Gasteiger partial charge in [0, 0.05) is 32.3 Å². The van der Waals surface area contributed by atoms with Crippen molar-refractivity contribution in [2.75, 3.05) is 32.8 Å². The van der Waals surface area contributed by atoms with Gasteiger partial charge >= 0.3 is 0 Å². The van der Waals surface area contributed by atoms with Crippen LogP contribution in [-0.2, 0) is 9.59 Å². The molecule has 4 rings (SSSR count). The predicted molar refractivity (Wildman–Crippen MR) is 105 cm³/mol. The Balaban J connectivity index is 1.29. The van der Waals surface area contributed by atoms with Crippen molar-refractivity contribution < 1.29 is 23.5 Å². The fraction of sp³-hybridized carbons (Fsp3) is 0.273. The van der Waals surface area contributed by atoms with Crippen LogP contribution in [0.4, 0.5) is 4.39 Å². The van der Waals surface area contributed by atoms with E-state index in [1.807, 2.05) is 12.1 Å². The summed E-state index contributed by atoms with van der Waals surface area (Å²) >= 11 is 0. The number of hydrogen-bond donors (Lipinski definition) is 0. The Morgan fingerprint density at radius 3 is 2.31 bits per heavy atom. The standard InChI is InChI=1S/C22H21FN2O4/c23-17-8-5-16(6-9-17)7-10-21(26)24-11-13-25(14-12-24)22(27)20-15-28-18-3-1-2-4-19(18)29-20/h1-10,20H,11-15H2. The lowest BCUT2D eigenvalue weighted by Gasteiger charge is -2.36. The molecular formula is C22H21FN2O4. The minimum Gasteiger partial charge on any atom is -0.485 e. The van der Waals surface area contributed by atoms with Gasteiger partial charge in [-0.05, 0) is 35.9 Å². The van der Waals surface area contributed by atoms with E-state index in [1.54, 1.807) is 40.1 Å². The van der Waals surface area contributed by atoms with E-state index in [1.165, 1.54) is 18.2 Å². The molecular weight excluding hydrogens is 375 g/mol. The molecule has 0 bridgehead atoms. The zero-order valence-electron chi connectivity index (χ0n) is 15.8. The van der Waals surface area contributed by atoms with Crippen LogP contribution in [0.1, 0.15) is 5.56 Å². The first kappa shape index (κ1) is 19.0. The van der Waals surface area contributed by atoms with E-state index >= 15 is 0 Å². The van der Waals surface area contributed by atoms with Gasteiger partial charge in [0.15, 0.2) is 11.5 Å². The van der Waals surface area contributed by atoms with Crippen LogP contribution in [0.3, 0.4) is 0 Å². The minimum absolute atomic E-state index is 0.131. The molecule has 2 aliphatic heterocycles. The van der Waals surface area contributed by atoms with Gasteiger partial charge in [0.25, 0.3) is 5.91 Å². The van der Waals surface area contributed by atoms with Gasteiger partial charge in [-0.3, -0.25) is 9.59 Å². The SMILES string of the molecule is O=C(C=Cc1ccc(F)cc1)N1CCN(C(=O)C2COc3ccccc3O2)CC1. The van der Waals surface area contributed by atoms with Crippen LogP contribution in [0.2, 0.25) is 0 Å². The summed E-state index contributed by atoms with van der Waals surface area (Å²) in [7, 11) is 0. The Morgan fingerprint density at radius 2 is 1.59 bits per heavy atom. The van der Waals surface area contributed by atoms with Crippen molar-refractivity contribution >= 4 is 17.9 Å². The second kappa shape index (κ2) is 8.34. The number of carbonyl (C=O) groups excluding carboxylic acids is 2. The van der Waals surface area contributed by atoms with Crippen LogP contribution >= 0.6 is 0 Å². The summed E-state index contributed by atoms with van der Waals surface area (Å²) < 4.78 is 24.3. The van der Waals surface area contributed by atoms with Gasteiger partial charge in [0.1, 0.15) is 12.4 Å². The molecule has 150 valence electrons. The van der Waals surface area contributed by atoms with E-state index in [0.717, 1.165) is 5.56 Å². The molecule has 2 heterocycles. The molecule has 0 saturated carbocycles. The number of carbonyl (C=O) groups is 2. The Kier molecular flexibility index (Phi) is 5.46. The lowest BCUT2D eigenvalue weighted by Crippen LogP contribution is -2.54. The topological polar surface area (TPSA) is 59.1 Å². The van der Waals surface area contributed by atoms with E-state index in [0.29, 0.717) is 37.7 Å². The fourth-order valence-corrected chi connectivity index (χ4v) is 3.34. The number of hydrogen-bond acceptors (Lipinski definition) is 4. The van der Waals surface area contributed by atoms with Crippen molar-refractivity contribution in [1.82, 2.24) is 9.80 Å². The highest BCUT2D eigenvalue weighted by molar-refractivity contribution is 5.92. The average molecular weight is 396 g/mol. The molecule has 7 heteroatoms. The lowest BCUT2D eigenvalue weighted by atomic mass is 10.2. The maximum Gasteiger partial charge on any atom is 0.267 e. The molecule has 0 aliphatic carbocycles. The Morgan fingerprint density at radius 1 is 0.931 bits per heavy atom. The number of para-hydroxylation sites is 2. The average Bonchev–Trinajstić information content (AvgIpc) is 2.78. The molecule has 0 aromatic heterocycles. The summed E-state index contributed by atoms with van der Waals surface area (Å²) in [6.07, 6.45) is 2.45. The Hall–Kier alpha value is -3.35. The van der Waals surface area contributed by atoms with Crippen LogP contribution in [0.5, 0.6) is 11.5 Å². The van der Waals surface area contributed by atoms with Gasteiger partial charge in [-0.25, -0.2) is 4.39 Å². The second-order valence-corrected chi connectivity index (χ2v) is 6.90. The van der Waals surface area contributed by atoms with Crippen molar-refractivity contribution in [3.05, 3.63) is 66.0 Å². The van der Waals surface area contributed by atoms with E-state index in [4.69, 9.17) is 9.47 Å². The van der Waals surface area contributed by atoms with Crippen molar-refractivity contribution in [3.8, 4) is 11.5 Å². The molecule has 2 aromatic rings. The highest BCUT2D eigenvalue weighted by Crippen LogP contribution is 2.31. The number of piperazine rings is 1. The first-order chi connectivity index (χ1) is 14.1. The van der Waals surface area contributed by atoms with Crippen molar-refractivity contribution in [3.63, 3.8) is 0 Å². The van der Waals surface area contributed by atoms with Crippen molar-refractivity contribution in [2.45, 2.75) is 6.10 Å². The smallest absolute Gasteiger partial charge is 0.267 e. The molecule has 0 N–H and O–H groups in total. The molecule has 2 aliphatic rings. The molecule has 0 radical (unpaired) electrons. The molecule has 2 aromatic carbocycles. The summed E-state index contributed by atoms with van der Waals surface area (Å²) in [5, 5.41) is 0. The zero-order chi connectivity index (χ0) is 20.2. The van der Waals surface area contributed by atoms with Crippen LogP contribution < -0.4 is 9.47 Å². The first-order valence-corrected chi connectivity index (χ1v) is 9.50. The van der Waals surface area contributed by atoms with Crippen LogP contribution in [0, 0.1) is 5.82 Å². The number of halogens is 1. The fourth-order valence-electron chi connectivity index (χ4n) is 3.34. The quantitative estimate of drug-likeness (QED) is 0.748. The van der Waals surface area contributed by atoms with Gasteiger partial charge < -0.3 is 19.3 Å². The number of amides is 2. The Bertz CT molecular complexity index is 921. The second-order valence-electron chi connectivity index (χ2n) is 6.90. The van der Waals surface area contributed by atoms with E-state index < -0.39 is 6.10 Å². The highest BCUT2D eigenvalue weighted by atomic mass is 19.1. The third kappa shape index (κ3) is 4.39. The summed E-state index contributed by atoms with van der Waals surface area (Å²) in [5.74, 6) is 0.628. The van der Waals surface area contributed by atoms with Crippen molar-refractivity contribution in [1.29, 1.82) is 0 Å². The molecule has 6 nitrogen and oxygen atoms in total. The molecule has 1 unspecified atom stereocenters. The highest BCUT2D eigenvalue weighted by Gasteiger charge is 2.33.